The van der Waals surface area contributed by atoms with Crippen molar-refractivity contribution in [1.29, 1.82) is 0 Å². The van der Waals surface area contributed by atoms with Crippen LogP contribution in [-0.4, -0.2) is 67.8 Å². The minimum atomic E-state index is -5.22. The molecule has 3 aromatic rings. The Kier molecular flexibility index (Phi) is 5.51. The van der Waals surface area contributed by atoms with Gasteiger partial charge in [0.2, 0.25) is 5.95 Å². The summed E-state index contributed by atoms with van der Waals surface area (Å²) in [7, 11) is 0. The zero-order chi connectivity index (χ0) is 24.8. The molecule has 0 saturated heterocycles. The fraction of sp³-hybridized carbons (Fsp3) is 0.450. The molecule has 0 aliphatic heterocycles. The van der Waals surface area contributed by atoms with Crippen molar-refractivity contribution in [2.24, 2.45) is 5.92 Å². The second kappa shape index (κ2) is 8.77. The lowest BCUT2D eigenvalue weighted by molar-refractivity contribution is -0.115. The first-order valence-corrected chi connectivity index (χ1v) is 10.6. The van der Waals surface area contributed by atoms with Crippen LogP contribution in [0.3, 0.4) is 0 Å². The van der Waals surface area contributed by atoms with Crippen molar-refractivity contribution in [3.63, 3.8) is 0 Å². The predicted octanol–water partition coefficient (Wildman–Crippen LogP) is 2.55. The lowest BCUT2D eigenvalue weighted by Crippen LogP contribution is -2.36. The minimum absolute atomic E-state index is 0.0156. The van der Waals surface area contributed by atoms with E-state index in [0.717, 1.165) is 4.70 Å². The first-order chi connectivity index (χ1) is 15.9. The van der Waals surface area contributed by atoms with Gasteiger partial charge in [0.15, 0.2) is 0 Å². The maximum atomic E-state index is 13.1. The van der Waals surface area contributed by atoms with Crippen molar-refractivity contribution in [3.05, 3.63) is 30.0 Å². The smallest absolute Gasteiger partial charge is 0.396 e. The average Bonchev–Trinajstić information content (AvgIpc) is 3.28. The maximum absolute atomic E-state index is 13.1. The van der Waals surface area contributed by atoms with E-state index in [9.17, 15) is 28.5 Å². The van der Waals surface area contributed by atoms with Crippen molar-refractivity contribution in [1.82, 2.24) is 15.0 Å². The van der Waals surface area contributed by atoms with Crippen molar-refractivity contribution >= 4 is 33.3 Å². The van der Waals surface area contributed by atoms with E-state index in [1.165, 1.54) is 18.3 Å². The largest absolute Gasteiger partial charge is 0.405 e. The van der Waals surface area contributed by atoms with E-state index in [1.54, 1.807) is 11.4 Å². The number of halogens is 3. The van der Waals surface area contributed by atoms with E-state index in [-0.39, 0.29) is 24.5 Å². The number of fused-ring (bicyclic) bond motifs is 1. The number of aliphatic hydroxyl groups excluding tert-OH is 3. The maximum Gasteiger partial charge on any atom is 0.405 e. The second-order valence-corrected chi connectivity index (χ2v) is 8.53. The molecule has 5 N–H and O–H groups in total. The van der Waals surface area contributed by atoms with Crippen molar-refractivity contribution < 1.29 is 31.2 Å². The number of aryl methyl sites for hydroxylation is 1. The molecule has 1 aliphatic rings. The van der Waals surface area contributed by atoms with Gasteiger partial charge in [-0.1, -0.05) is 12.1 Å². The van der Waals surface area contributed by atoms with Gasteiger partial charge in [0.1, 0.15) is 23.4 Å². The van der Waals surface area contributed by atoms with Crippen LogP contribution < -0.4 is 10.6 Å². The summed E-state index contributed by atoms with van der Waals surface area (Å²) in [4.78, 5) is 12.7. The van der Waals surface area contributed by atoms with Gasteiger partial charge < -0.3 is 26.0 Å². The number of hydrogen-bond acceptors (Lipinski definition) is 9. The average molecular weight is 472 g/mol. The number of nitrogens with one attached hydrogen (secondary N) is 2. The Balaban J connectivity index is 1.78. The van der Waals surface area contributed by atoms with Crippen LogP contribution in [0.5, 0.6) is 0 Å². The van der Waals surface area contributed by atoms with Crippen LogP contribution in [0, 0.1) is 12.8 Å². The van der Waals surface area contributed by atoms with Crippen LogP contribution in [0.2, 0.25) is 0 Å². The number of para-hydroxylation sites is 1. The molecule has 0 bridgehead atoms. The number of benzene rings is 1. The van der Waals surface area contributed by atoms with E-state index in [4.69, 9.17) is 2.74 Å². The molecule has 1 aromatic carbocycles. The molecular formula is C20H22F3N5O3S. The summed E-state index contributed by atoms with van der Waals surface area (Å²) in [5.74, 6) is -1.20. The highest BCUT2D eigenvalue weighted by Crippen LogP contribution is 2.38. The van der Waals surface area contributed by atoms with Gasteiger partial charge in [-0.3, -0.25) is 0 Å². The molecule has 172 valence electrons. The summed E-state index contributed by atoms with van der Waals surface area (Å²) in [5, 5.41) is 35.1. The van der Waals surface area contributed by atoms with Crippen molar-refractivity contribution in [2.45, 2.75) is 37.8 Å². The Bertz CT molecular complexity index is 1160. The first-order valence-electron chi connectivity index (χ1n) is 10.7. The number of aromatic nitrogens is 3. The van der Waals surface area contributed by atoms with E-state index in [1.807, 2.05) is 18.2 Å². The van der Waals surface area contributed by atoms with Gasteiger partial charge in [0, 0.05) is 12.5 Å². The molecule has 2 heterocycles. The Morgan fingerprint density at radius 1 is 1.19 bits per heavy atom. The normalized spacial score (nSPS) is 25.0. The van der Waals surface area contributed by atoms with Gasteiger partial charge in [-0.25, -0.2) is 9.97 Å². The monoisotopic (exact) mass is 471 g/mol. The zero-order valence-electron chi connectivity index (χ0n) is 18.8. The van der Waals surface area contributed by atoms with Gasteiger partial charge in [-0.2, -0.15) is 18.2 Å². The summed E-state index contributed by atoms with van der Waals surface area (Å²) in [6.45, 7) is -2.62. The van der Waals surface area contributed by atoms with Gasteiger partial charge >= 0.3 is 6.18 Å². The molecular weight excluding hydrogens is 447 g/mol. The fourth-order valence-electron chi connectivity index (χ4n) is 3.72. The molecule has 4 atom stereocenters. The zero-order valence-corrected chi connectivity index (χ0v) is 17.6. The van der Waals surface area contributed by atoms with Crippen LogP contribution in [0.4, 0.5) is 24.9 Å². The number of rotatable bonds is 6. The van der Waals surface area contributed by atoms with Gasteiger partial charge in [0.25, 0.3) is 0 Å². The molecule has 8 nitrogen and oxygen atoms in total. The molecule has 32 heavy (non-hydrogen) atoms. The van der Waals surface area contributed by atoms with Crippen LogP contribution in [0.15, 0.2) is 24.3 Å². The third-order valence-electron chi connectivity index (χ3n) is 5.27. The van der Waals surface area contributed by atoms with Crippen LogP contribution in [0.1, 0.15) is 14.9 Å². The van der Waals surface area contributed by atoms with E-state index < -0.39 is 42.8 Å². The lowest BCUT2D eigenvalue weighted by atomic mass is 10.1. The van der Waals surface area contributed by atoms with E-state index in [0.29, 0.717) is 16.1 Å². The Morgan fingerprint density at radius 3 is 2.59 bits per heavy atom. The molecule has 0 radical (unpaired) electrons. The predicted molar refractivity (Wildman–Crippen MR) is 115 cm³/mol. The fourth-order valence-corrected chi connectivity index (χ4v) is 4.78. The highest BCUT2D eigenvalue weighted by Gasteiger charge is 2.41. The SMILES string of the molecule is [2H]C([2H])(Nc1nc(C)c(-c2nc3ccccc3s2)c(N[C@@H]2C[C@H](CO)[C@@H](O)[C@H]2O)n1)C(F)(F)F. The molecule has 1 aliphatic carbocycles. The Morgan fingerprint density at radius 2 is 1.94 bits per heavy atom. The van der Waals surface area contributed by atoms with Crippen LogP contribution >= 0.6 is 11.3 Å². The standard InChI is InChI=1S/C20H22F3N5O3S/c1-9-14(18-27-11-4-2-3-5-13(11)32-18)17(28-19(25-9)24-8-20(21,22)23)26-12-6-10(7-29)15(30)16(12)31/h2-5,10,12,15-16,29-31H,6-8H2,1H3,(H2,24,25,26,28)/t10-,12-,15-,16+/m1/s1/i8D2. The summed E-state index contributed by atoms with van der Waals surface area (Å²) >= 11 is 1.31. The first kappa shape index (κ1) is 20.1. The van der Waals surface area contributed by atoms with E-state index in [2.05, 4.69) is 20.3 Å². The summed E-state index contributed by atoms with van der Waals surface area (Å²) in [5.41, 5.74) is 1.29. The van der Waals surface area contributed by atoms with Crippen molar-refractivity contribution in [3.8, 4) is 10.6 Å². The number of alkyl halides is 3. The molecule has 0 spiro atoms. The van der Waals surface area contributed by atoms with Gasteiger partial charge in [-0.05, 0) is 25.5 Å². The summed E-state index contributed by atoms with van der Waals surface area (Å²) in [6, 6.07) is 6.53. The lowest BCUT2D eigenvalue weighted by Gasteiger charge is -2.21. The van der Waals surface area contributed by atoms with Crippen LogP contribution in [0.25, 0.3) is 20.8 Å². The van der Waals surface area contributed by atoms with Gasteiger partial charge in [0.05, 0.1) is 36.4 Å². The summed E-state index contributed by atoms with van der Waals surface area (Å²) in [6.07, 6.45) is -7.52. The Labute approximate surface area is 188 Å². The number of anilines is 2. The number of aliphatic hydroxyl groups is 3. The molecule has 1 fully saturated rings. The molecule has 0 unspecified atom stereocenters. The van der Waals surface area contributed by atoms with Crippen molar-refractivity contribution in [2.75, 3.05) is 23.7 Å². The number of nitrogens with zero attached hydrogens (tertiary/aromatic N) is 3. The molecule has 0 amide bonds. The minimum Gasteiger partial charge on any atom is -0.396 e. The number of thiazole rings is 1. The summed E-state index contributed by atoms with van der Waals surface area (Å²) < 4.78 is 54.7. The highest BCUT2D eigenvalue weighted by atomic mass is 32.1. The Hall–Kier alpha value is -2.54. The topological polar surface area (TPSA) is 123 Å². The molecule has 4 rings (SSSR count). The van der Waals surface area contributed by atoms with Crippen LogP contribution in [-0.2, 0) is 0 Å². The molecule has 2 aromatic heterocycles. The van der Waals surface area contributed by atoms with E-state index >= 15 is 0 Å². The number of hydrogen-bond donors (Lipinski definition) is 5. The third kappa shape index (κ3) is 4.63. The van der Waals surface area contributed by atoms with Gasteiger partial charge in [-0.15, -0.1) is 11.3 Å². The molecule has 12 heteroatoms. The highest BCUT2D eigenvalue weighted by molar-refractivity contribution is 7.21. The second-order valence-electron chi connectivity index (χ2n) is 7.50. The third-order valence-corrected chi connectivity index (χ3v) is 6.33. The quantitative estimate of drug-likeness (QED) is 0.372. The molecule has 1 saturated carbocycles.